The van der Waals surface area contributed by atoms with E-state index in [1.165, 1.54) is 19.3 Å². The highest BCUT2D eigenvalue weighted by molar-refractivity contribution is 6.63. The molecular formula is C11H20Cl2F2O. The molecule has 0 fully saturated rings. The summed E-state index contributed by atoms with van der Waals surface area (Å²) in [5.41, 5.74) is 0. The molecule has 0 heterocycles. The Bertz CT molecular complexity index is 162. The van der Waals surface area contributed by atoms with Gasteiger partial charge < -0.3 is 0 Å². The highest BCUT2D eigenvalue weighted by Crippen LogP contribution is 2.16. The minimum absolute atomic E-state index is 0.382. The Labute approximate surface area is 106 Å². The standard InChI is InChI=1S/C6H9ClF2O.C5H11Cl/c1-2-4(6(7)10)3-5(8)9;1-2-3-4-5-6/h4-5H,2-3H2,1H3;2-5H2,1H3. The molecule has 0 aromatic rings. The van der Waals surface area contributed by atoms with Crippen molar-refractivity contribution in [3.05, 3.63) is 0 Å². The van der Waals surface area contributed by atoms with Gasteiger partial charge in [-0.3, -0.25) is 4.79 Å². The largest absolute Gasteiger partial charge is 0.281 e. The van der Waals surface area contributed by atoms with E-state index in [-0.39, 0.29) is 0 Å². The van der Waals surface area contributed by atoms with Gasteiger partial charge in [0.05, 0.1) is 0 Å². The second-order valence-corrected chi connectivity index (χ2v) is 4.18. The summed E-state index contributed by atoms with van der Waals surface area (Å²) in [6.45, 7) is 3.83. The van der Waals surface area contributed by atoms with E-state index in [0.717, 1.165) is 5.88 Å². The van der Waals surface area contributed by atoms with Crippen molar-refractivity contribution < 1.29 is 13.6 Å². The van der Waals surface area contributed by atoms with Gasteiger partial charge in [0, 0.05) is 18.2 Å². The van der Waals surface area contributed by atoms with Gasteiger partial charge in [-0.15, -0.1) is 11.6 Å². The van der Waals surface area contributed by atoms with E-state index in [2.05, 4.69) is 6.92 Å². The second-order valence-electron chi connectivity index (χ2n) is 3.43. The predicted octanol–water partition coefficient (Wildman–Crippen LogP) is 4.85. The van der Waals surface area contributed by atoms with Gasteiger partial charge >= 0.3 is 0 Å². The van der Waals surface area contributed by atoms with Crippen molar-refractivity contribution in [1.82, 2.24) is 0 Å². The lowest BCUT2D eigenvalue weighted by Crippen LogP contribution is -2.11. The van der Waals surface area contributed by atoms with Gasteiger partial charge in [0.2, 0.25) is 11.7 Å². The molecule has 0 saturated carbocycles. The molecule has 0 aromatic heterocycles. The van der Waals surface area contributed by atoms with Crippen LogP contribution in [0.3, 0.4) is 0 Å². The summed E-state index contributed by atoms with van der Waals surface area (Å²) in [5, 5.41) is -0.664. The van der Waals surface area contributed by atoms with Crippen LogP contribution in [0.2, 0.25) is 0 Å². The molecule has 0 aliphatic rings. The van der Waals surface area contributed by atoms with Gasteiger partial charge in [-0.2, -0.15) is 0 Å². The molecular weight excluding hydrogens is 257 g/mol. The maximum atomic E-state index is 11.6. The first-order valence-electron chi connectivity index (χ1n) is 5.52. The first-order valence-corrected chi connectivity index (χ1v) is 6.44. The Hall–Kier alpha value is 0.110. The van der Waals surface area contributed by atoms with E-state index in [1.807, 2.05) is 0 Å². The third-order valence-corrected chi connectivity index (χ3v) is 2.59. The van der Waals surface area contributed by atoms with Gasteiger partial charge in [0.1, 0.15) is 0 Å². The van der Waals surface area contributed by atoms with Crippen molar-refractivity contribution in [3.63, 3.8) is 0 Å². The topological polar surface area (TPSA) is 17.1 Å². The summed E-state index contributed by atoms with van der Waals surface area (Å²) < 4.78 is 23.2. The fourth-order valence-electron chi connectivity index (χ4n) is 0.979. The number of hydrogen-bond acceptors (Lipinski definition) is 1. The molecule has 1 atom stereocenters. The summed E-state index contributed by atoms with van der Waals surface area (Å²) in [5.74, 6) is 0.148. The number of carbonyl (C=O) groups excluding carboxylic acids is 1. The van der Waals surface area contributed by atoms with Crippen LogP contribution in [-0.4, -0.2) is 17.5 Å². The maximum absolute atomic E-state index is 11.6. The van der Waals surface area contributed by atoms with Gasteiger partial charge in [0.25, 0.3) is 0 Å². The van der Waals surface area contributed by atoms with E-state index in [1.54, 1.807) is 6.92 Å². The summed E-state index contributed by atoms with van der Waals surface area (Å²) >= 11 is 10.4. The summed E-state index contributed by atoms with van der Waals surface area (Å²) in [4.78, 5) is 10.3. The average Bonchev–Trinajstić information content (AvgIpc) is 2.23. The quantitative estimate of drug-likeness (QED) is 0.369. The van der Waals surface area contributed by atoms with Crippen LogP contribution in [0.5, 0.6) is 0 Å². The molecule has 0 rings (SSSR count). The fourth-order valence-corrected chi connectivity index (χ4v) is 1.41. The Balaban J connectivity index is 0. The molecule has 0 aromatic carbocycles. The van der Waals surface area contributed by atoms with E-state index in [0.29, 0.717) is 6.42 Å². The second kappa shape index (κ2) is 13.2. The molecule has 98 valence electrons. The number of halogens is 4. The van der Waals surface area contributed by atoms with Crippen molar-refractivity contribution >= 4 is 28.4 Å². The molecule has 0 saturated heterocycles. The third kappa shape index (κ3) is 14.1. The fraction of sp³-hybridized carbons (Fsp3) is 0.909. The highest BCUT2D eigenvalue weighted by Gasteiger charge is 2.18. The van der Waals surface area contributed by atoms with Crippen LogP contribution in [0.25, 0.3) is 0 Å². The minimum Gasteiger partial charge on any atom is -0.281 e. The number of unbranched alkanes of at least 4 members (excludes halogenated alkanes) is 2. The lowest BCUT2D eigenvalue weighted by atomic mass is 10.1. The molecule has 0 radical (unpaired) electrons. The summed E-state index contributed by atoms with van der Waals surface area (Å²) in [6, 6.07) is 0. The zero-order valence-corrected chi connectivity index (χ0v) is 11.3. The van der Waals surface area contributed by atoms with Crippen LogP contribution in [-0.2, 0) is 4.79 Å². The first-order chi connectivity index (χ1) is 7.49. The Morgan fingerprint density at radius 1 is 1.25 bits per heavy atom. The SMILES string of the molecule is CCC(CC(F)F)C(=O)Cl.CCCCCCl. The van der Waals surface area contributed by atoms with Gasteiger partial charge in [-0.05, 0) is 24.4 Å². The van der Waals surface area contributed by atoms with E-state index in [4.69, 9.17) is 23.2 Å². The molecule has 0 amide bonds. The molecule has 0 N–H and O–H groups in total. The molecule has 16 heavy (non-hydrogen) atoms. The Morgan fingerprint density at radius 3 is 1.94 bits per heavy atom. The van der Waals surface area contributed by atoms with Gasteiger partial charge in [-0.1, -0.05) is 26.7 Å². The van der Waals surface area contributed by atoms with Crippen molar-refractivity contribution in [3.8, 4) is 0 Å². The van der Waals surface area contributed by atoms with Crippen LogP contribution in [0.1, 0.15) is 46.0 Å². The third-order valence-electron chi connectivity index (χ3n) is 2.01. The first kappa shape index (κ1) is 18.5. The molecule has 1 nitrogen and oxygen atoms in total. The zero-order valence-electron chi connectivity index (χ0n) is 9.82. The number of alkyl halides is 3. The van der Waals surface area contributed by atoms with Crippen molar-refractivity contribution in [2.24, 2.45) is 5.92 Å². The lowest BCUT2D eigenvalue weighted by Gasteiger charge is -2.06. The van der Waals surface area contributed by atoms with Gasteiger partial charge in [0.15, 0.2) is 0 Å². The van der Waals surface area contributed by atoms with Crippen LogP contribution in [0.4, 0.5) is 8.78 Å². The molecule has 0 spiro atoms. The van der Waals surface area contributed by atoms with Gasteiger partial charge in [-0.25, -0.2) is 8.78 Å². The average molecular weight is 277 g/mol. The summed E-state index contributed by atoms with van der Waals surface area (Å²) in [6.07, 6.45) is 1.26. The normalized spacial score (nSPS) is 11.9. The number of rotatable bonds is 7. The van der Waals surface area contributed by atoms with Crippen molar-refractivity contribution in [1.29, 1.82) is 0 Å². The molecule has 0 bridgehead atoms. The molecule has 5 heteroatoms. The Kier molecular flexibility index (Phi) is 15.2. The zero-order chi connectivity index (χ0) is 13.0. The van der Waals surface area contributed by atoms with Crippen LogP contribution in [0.15, 0.2) is 0 Å². The van der Waals surface area contributed by atoms with Crippen molar-refractivity contribution in [2.45, 2.75) is 52.4 Å². The summed E-state index contributed by atoms with van der Waals surface area (Å²) in [7, 11) is 0. The van der Waals surface area contributed by atoms with Crippen LogP contribution in [0, 0.1) is 5.92 Å². The Morgan fingerprint density at radius 2 is 1.81 bits per heavy atom. The van der Waals surface area contributed by atoms with Crippen LogP contribution < -0.4 is 0 Å². The monoisotopic (exact) mass is 276 g/mol. The highest BCUT2D eigenvalue weighted by atomic mass is 35.5. The number of carbonyl (C=O) groups is 1. The van der Waals surface area contributed by atoms with E-state index >= 15 is 0 Å². The molecule has 0 aliphatic heterocycles. The lowest BCUT2D eigenvalue weighted by molar-refractivity contribution is -0.116. The minimum atomic E-state index is -2.44. The number of hydrogen-bond donors (Lipinski definition) is 0. The van der Waals surface area contributed by atoms with Crippen LogP contribution >= 0.6 is 23.2 Å². The van der Waals surface area contributed by atoms with Crippen molar-refractivity contribution in [2.75, 3.05) is 5.88 Å². The molecule has 0 aliphatic carbocycles. The van der Waals surface area contributed by atoms with E-state index in [9.17, 15) is 13.6 Å². The van der Waals surface area contributed by atoms with E-state index < -0.39 is 24.0 Å². The predicted molar refractivity (Wildman–Crippen MR) is 65.5 cm³/mol. The maximum Gasteiger partial charge on any atom is 0.239 e. The smallest absolute Gasteiger partial charge is 0.239 e. The molecule has 1 unspecified atom stereocenters.